The predicted octanol–water partition coefficient (Wildman–Crippen LogP) is 2.13. The molecule has 0 heterocycles. The van der Waals surface area contributed by atoms with Gasteiger partial charge >= 0.3 is 0 Å². The van der Waals surface area contributed by atoms with E-state index in [0.717, 1.165) is 6.08 Å². The average molecular weight is 248 g/mol. The molecule has 1 aromatic rings. The molecule has 0 fully saturated rings. The van der Waals surface area contributed by atoms with Crippen LogP contribution in [0.3, 0.4) is 0 Å². The van der Waals surface area contributed by atoms with Crippen LogP contribution in [-0.4, -0.2) is 13.3 Å². The van der Waals surface area contributed by atoms with E-state index in [1.165, 1.54) is 18.2 Å². The van der Waals surface area contributed by atoms with Gasteiger partial charge in [0, 0.05) is 22.2 Å². The average Bonchev–Trinajstić information content (AvgIpc) is 2.14. The van der Waals surface area contributed by atoms with E-state index in [2.05, 4.69) is 0 Å². The third kappa shape index (κ3) is 3.69. The first-order valence-corrected chi connectivity index (χ1v) is 6.13. The first-order chi connectivity index (χ1) is 6.90. The SMILES string of the molecule is O=[N+]([O-])c1ccccc1C=CS(=O)(=O)Cl. The van der Waals surface area contributed by atoms with E-state index < -0.39 is 14.0 Å². The molecule has 5 nitrogen and oxygen atoms in total. The molecule has 0 N–H and O–H groups in total. The Balaban J connectivity index is 3.16. The number of benzene rings is 1. The molecular formula is C8H6ClNO4S. The normalized spacial score (nSPS) is 11.8. The molecule has 0 aliphatic carbocycles. The van der Waals surface area contributed by atoms with Crippen molar-refractivity contribution in [2.45, 2.75) is 0 Å². The number of rotatable bonds is 3. The summed E-state index contributed by atoms with van der Waals surface area (Å²) in [7, 11) is 1.13. The Kier molecular flexibility index (Phi) is 3.43. The van der Waals surface area contributed by atoms with Gasteiger partial charge in [-0.25, -0.2) is 8.42 Å². The largest absolute Gasteiger partial charge is 0.276 e. The molecule has 0 saturated carbocycles. The number of nitro groups is 1. The zero-order valence-electron chi connectivity index (χ0n) is 7.33. The Bertz CT molecular complexity index is 509. The van der Waals surface area contributed by atoms with Gasteiger partial charge < -0.3 is 0 Å². The van der Waals surface area contributed by atoms with Gasteiger partial charge in [0.2, 0.25) is 0 Å². The molecule has 0 atom stereocenters. The number of para-hydroxylation sites is 1. The molecule has 0 saturated heterocycles. The maximum atomic E-state index is 10.6. The van der Waals surface area contributed by atoms with Gasteiger partial charge in [0.05, 0.1) is 10.5 Å². The van der Waals surface area contributed by atoms with E-state index in [0.29, 0.717) is 5.41 Å². The third-order valence-corrected chi connectivity index (χ3v) is 2.31. The van der Waals surface area contributed by atoms with Gasteiger partial charge in [-0.05, 0) is 12.1 Å². The maximum absolute atomic E-state index is 10.6. The Labute approximate surface area is 90.6 Å². The van der Waals surface area contributed by atoms with Gasteiger partial charge in [-0.15, -0.1) is 0 Å². The lowest BCUT2D eigenvalue weighted by Gasteiger charge is -1.95. The Morgan fingerprint density at radius 2 is 1.93 bits per heavy atom. The number of hydrogen-bond donors (Lipinski definition) is 0. The lowest BCUT2D eigenvalue weighted by Crippen LogP contribution is -1.90. The van der Waals surface area contributed by atoms with Crippen molar-refractivity contribution in [1.82, 2.24) is 0 Å². The van der Waals surface area contributed by atoms with E-state index in [9.17, 15) is 18.5 Å². The Morgan fingerprint density at radius 3 is 2.47 bits per heavy atom. The molecule has 15 heavy (non-hydrogen) atoms. The summed E-state index contributed by atoms with van der Waals surface area (Å²) >= 11 is 0. The molecular weight excluding hydrogens is 242 g/mol. The monoisotopic (exact) mass is 247 g/mol. The highest BCUT2D eigenvalue weighted by Gasteiger charge is 2.10. The molecule has 0 amide bonds. The van der Waals surface area contributed by atoms with E-state index in [4.69, 9.17) is 10.7 Å². The molecule has 0 radical (unpaired) electrons. The Hall–Kier alpha value is -1.40. The van der Waals surface area contributed by atoms with Crippen LogP contribution in [0.4, 0.5) is 5.69 Å². The summed E-state index contributed by atoms with van der Waals surface area (Å²) in [6.07, 6.45) is 1.08. The minimum Gasteiger partial charge on any atom is -0.258 e. The van der Waals surface area contributed by atoms with Crippen molar-refractivity contribution in [2.24, 2.45) is 0 Å². The van der Waals surface area contributed by atoms with Crippen LogP contribution in [0.25, 0.3) is 6.08 Å². The van der Waals surface area contributed by atoms with Gasteiger partial charge in [-0.3, -0.25) is 10.1 Å². The summed E-state index contributed by atoms with van der Waals surface area (Å²) < 4.78 is 21.2. The second-order valence-corrected chi connectivity index (χ2v) is 5.11. The van der Waals surface area contributed by atoms with Gasteiger partial charge in [-0.2, -0.15) is 0 Å². The molecule has 1 rings (SSSR count). The fraction of sp³-hybridized carbons (Fsp3) is 0. The van der Waals surface area contributed by atoms with Crippen LogP contribution in [0.2, 0.25) is 0 Å². The van der Waals surface area contributed by atoms with Crippen molar-refractivity contribution in [3.8, 4) is 0 Å². The molecule has 1 aromatic carbocycles. The van der Waals surface area contributed by atoms with Crippen LogP contribution in [-0.2, 0) is 9.05 Å². The van der Waals surface area contributed by atoms with Crippen molar-refractivity contribution in [3.05, 3.63) is 45.4 Å². The highest BCUT2D eigenvalue weighted by Crippen LogP contribution is 2.19. The van der Waals surface area contributed by atoms with E-state index in [1.54, 1.807) is 6.07 Å². The van der Waals surface area contributed by atoms with Crippen LogP contribution >= 0.6 is 10.7 Å². The van der Waals surface area contributed by atoms with E-state index in [1.807, 2.05) is 0 Å². The number of nitro benzene ring substituents is 1. The van der Waals surface area contributed by atoms with E-state index >= 15 is 0 Å². The van der Waals surface area contributed by atoms with Crippen molar-refractivity contribution < 1.29 is 13.3 Å². The number of hydrogen-bond acceptors (Lipinski definition) is 4. The summed E-state index contributed by atoms with van der Waals surface area (Å²) in [5.74, 6) is 0. The van der Waals surface area contributed by atoms with Gasteiger partial charge in [-0.1, -0.05) is 12.1 Å². The molecule has 0 spiro atoms. The Morgan fingerprint density at radius 1 is 1.33 bits per heavy atom. The molecule has 7 heteroatoms. The molecule has 0 aromatic heterocycles. The molecule has 80 valence electrons. The summed E-state index contributed by atoms with van der Waals surface area (Å²) in [4.78, 5) is 9.94. The molecule has 0 aliphatic heterocycles. The summed E-state index contributed by atoms with van der Waals surface area (Å²) in [5.41, 5.74) is 0.0146. The van der Waals surface area contributed by atoms with Crippen molar-refractivity contribution in [1.29, 1.82) is 0 Å². The van der Waals surface area contributed by atoms with Crippen molar-refractivity contribution >= 4 is 31.5 Å². The zero-order chi connectivity index (χ0) is 11.5. The fourth-order valence-corrected chi connectivity index (χ4v) is 1.41. The van der Waals surface area contributed by atoms with Gasteiger partial charge in [0.25, 0.3) is 14.7 Å². The van der Waals surface area contributed by atoms with Gasteiger partial charge in [0.1, 0.15) is 0 Å². The second-order valence-electron chi connectivity index (χ2n) is 2.59. The minimum atomic E-state index is -3.80. The van der Waals surface area contributed by atoms with Crippen LogP contribution in [0.1, 0.15) is 5.56 Å². The van der Waals surface area contributed by atoms with Crippen molar-refractivity contribution in [3.63, 3.8) is 0 Å². The predicted molar refractivity (Wildman–Crippen MR) is 56.9 cm³/mol. The minimum absolute atomic E-state index is 0.172. The number of nitrogens with zero attached hydrogens (tertiary/aromatic N) is 1. The van der Waals surface area contributed by atoms with Crippen LogP contribution in [0.5, 0.6) is 0 Å². The summed E-state index contributed by atoms with van der Waals surface area (Å²) in [6, 6.07) is 5.76. The smallest absolute Gasteiger partial charge is 0.258 e. The molecule has 0 unspecified atom stereocenters. The second kappa shape index (κ2) is 4.41. The van der Waals surface area contributed by atoms with Crippen molar-refractivity contribution in [2.75, 3.05) is 0 Å². The lowest BCUT2D eigenvalue weighted by molar-refractivity contribution is -0.385. The number of halogens is 1. The third-order valence-electron chi connectivity index (χ3n) is 1.54. The maximum Gasteiger partial charge on any atom is 0.276 e. The first-order valence-electron chi connectivity index (χ1n) is 3.76. The fourth-order valence-electron chi connectivity index (χ4n) is 0.949. The van der Waals surface area contributed by atoms with Crippen LogP contribution in [0, 0.1) is 10.1 Å². The summed E-state index contributed by atoms with van der Waals surface area (Å²) in [6.45, 7) is 0. The van der Waals surface area contributed by atoms with Gasteiger partial charge in [0.15, 0.2) is 0 Å². The van der Waals surface area contributed by atoms with Crippen LogP contribution < -0.4 is 0 Å². The molecule has 0 bridgehead atoms. The standard InChI is InChI=1S/C8H6ClNO4S/c9-15(13,14)6-5-7-3-1-2-4-8(7)10(11)12/h1-6H. The first kappa shape index (κ1) is 11.7. The van der Waals surface area contributed by atoms with E-state index in [-0.39, 0.29) is 11.3 Å². The quantitative estimate of drug-likeness (QED) is 0.466. The topological polar surface area (TPSA) is 77.3 Å². The lowest BCUT2D eigenvalue weighted by atomic mass is 10.2. The zero-order valence-corrected chi connectivity index (χ0v) is 8.90. The molecule has 0 aliphatic rings. The highest BCUT2D eigenvalue weighted by atomic mass is 35.7. The van der Waals surface area contributed by atoms with Crippen LogP contribution in [0.15, 0.2) is 29.7 Å². The summed E-state index contributed by atoms with van der Waals surface area (Å²) in [5, 5.41) is 11.2. The highest BCUT2D eigenvalue weighted by molar-refractivity contribution is 8.16.